The summed E-state index contributed by atoms with van der Waals surface area (Å²) >= 11 is 5.34. The third-order valence-corrected chi connectivity index (χ3v) is 4.90. The van der Waals surface area contributed by atoms with Crippen molar-refractivity contribution in [3.63, 3.8) is 0 Å². The van der Waals surface area contributed by atoms with Gasteiger partial charge in [-0.15, -0.1) is 0 Å². The SMILES string of the molecule is Cc1ccccc1NC(=S)N[C@@H](C)c1ccc(S(C)(=O)=O)cc1. The molecular formula is C17H20N2O2S2. The van der Waals surface area contributed by atoms with E-state index in [0.717, 1.165) is 16.8 Å². The third kappa shape index (κ3) is 4.77. The van der Waals surface area contributed by atoms with Gasteiger partial charge in [0.25, 0.3) is 0 Å². The maximum Gasteiger partial charge on any atom is 0.175 e. The Kier molecular flexibility index (Phi) is 5.38. The Bertz CT molecular complexity index is 800. The van der Waals surface area contributed by atoms with Crippen molar-refractivity contribution in [3.8, 4) is 0 Å². The molecule has 0 aliphatic heterocycles. The molecule has 0 aliphatic rings. The molecule has 4 nitrogen and oxygen atoms in total. The molecule has 0 saturated carbocycles. The Balaban J connectivity index is 2.02. The molecule has 2 aromatic rings. The Morgan fingerprint density at radius 2 is 1.70 bits per heavy atom. The van der Waals surface area contributed by atoms with Crippen LogP contribution in [0.4, 0.5) is 5.69 Å². The molecular weight excluding hydrogens is 328 g/mol. The van der Waals surface area contributed by atoms with Gasteiger partial charge in [0.1, 0.15) is 0 Å². The highest BCUT2D eigenvalue weighted by Gasteiger charge is 2.10. The first-order chi connectivity index (χ1) is 10.8. The van der Waals surface area contributed by atoms with Crippen LogP contribution in [0.3, 0.4) is 0 Å². The zero-order valence-electron chi connectivity index (χ0n) is 13.3. The summed E-state index contributed by atoms with van der Waals surface area (Å²) in [4.78, 5) is 0.314. The van der Waals surface area contributed by atoms with Crippen LogP contribution in [0, 0.1) is 6.92 Å². The molecule has 2 N–H and O–H groups in total. The van der Waals surface area contributed by atoms with Gasteiger partial charge < -0.3 is 10.6 Å². The molecule has 23 heavy (non-hydrogen) atoms. The second-order valence-corrected chi connectivity index (χ2v) is 7.90. The van der Waals surface area contributed by atoms with Gasteiger partial charge in [-0.2, -0.15) is 0 Å². The minimum absolute atomic E-state index is 0.0346. The van der Waals surface area contributed by atoms with Crippen molar-refractivity contribution in [2.45, 2.75) is 24.8 Å². The van der Waals surface area contributed by atoms with Crippen molar-refractivity contribution >= 4 is 32.9 Å². The lowest BCUT2D eigenvalue weighted by atomic mass is 10.1. The van der Waals surface area contributed by atoms with E-state index in [1.54, 1.807) is 24.3 Å². The van der Waals surface area contributed by atoms with Gasteiger partial charge in [-0.05, 0) is 55.4 Å². The highest BCUT2D eigenvalue weighted by molar-refractivity contribution is 7.90. The number of aryl methyl sites for hydroxylation is 1. The highest BCUT2D eigenvalue weighted by atomic mass is 32.2. The molecule has 6 heteroatoms. The predicted molar refractivity (Wildman–Crippen MR) is 98.5 cm³/mol. The molecule has 0 radical (unpaired) electrons. The first-order valence-electron chi connectivity index (χ1n) is 7.20. The Morgan fingerprint density at radius 1 is 1.09 bits per heavy atom. The number of sulfone groups is 1. The predicted octanol–water partition coefficient (Wildman–Crippen LogP) is 3.45. The van der Waals surface area contributed by atoms with Gasteiger partial charge in [-0.1, -0.05) is 30.3 Å². The molecule has 0 unspecified atom stereocenters. The van der Waals surface area contributed by atoms with Gasteiger partial charge in [-0.3, -0.25) is 0 Å². The lowest BCUT2D eigenvalue weighted by molar-refractivity contribution is 0.601. The fourth-order valence-corrected chi connectivity index (χ4v) is 3.07. The second-order valence-electron chi connectivity index (χ2n) is 5.48. The van der Waals surface area contributed by atoms with Crippen molar-refractivity contribution in [1.29, 1.82) is 0 Å². The van der Waals surface area contributed by atoms with E-state index in [1.807, 2.05) is 38.1 Å². The van der Waals surface area contributed by atoms with Crippen molar-refractivity contribution < 1.29 is 8.42 Å². The monoisotopic (exact) mass is 348 g/mol. The van der Waals surface area contributed by atoms with Crippen molar-refractivity contribution in [2.75, 3.05) is 11.6 Å². The van der Waals surface area contributed by atoms with E-state index < -0.39 is 9.84 Å². The summed E-state index contributed by atoms with van der Waals surface area (Å²) in [7, 11) is -3.17. The second kappa shape index (κ2) is 7.10. The normalized spacial score (nSPS) is 12.5. The van der Waals surface area contributed by atoms with Crippen LogP contribution >= 0.6 is 12.2 Å². The largest absolute Gasteiger partial charge is 0.356 e. The van der Waals surface area contributed by atoms with Crippen LogP contribution in [0.1, 0.15) is 24.1 Å². The van der Waals surface area contributed by atoms with Gasteiger partial charge in [0, 0.05) is 11.9 Å². The van der Waals surface area contributed by atoms with Gasteiger partial charge in [0.2, 0.25) is 0 Å². The molecule has 0 fully saturated rings. The Hall–Kier alpha value is -1.92. The third-order valence-electron chi connectivity index (χ3n) is 3.55. The molecule has 0 aliphatic carbocycles. The quantitative estimate of drug-likeness (QED) is 0.829. The molecule has 2 aromatic carbocycles. The molecule has 0 bridgehead atoms. The fraction of sp³-hybridized carbons (Fsp3) is 0.235. The van der Waals surface area contributed by atoms with E-state index in [1.165, 1.54) is 6.26 Å². The van der Waals surface area contributed by atoms with Crippen LogP contribution in [-0.4, -0.2) is 19.8 Å². The zero-order valence-corrected chi connectivity index (χ0v) is 15.0. The van der Waals surface area contributed by atoms with Crippen LogP contribution < -0.4 is 10.6 Å². The Morgan fingerprint density at radius 3 is 2.26 bits per heavy atom. The van der Waals surface area contributed by atoms with Gasteiger partial charge in [-0.25, -0.2) is 8.42 Å². The zero-order chi connectivity index (χ0) is 17.0. The summed E-state index contributed by atoms with van der Waals surface area (Å²) in [5, 5.41) is 6.90. The van der Waals surface area contributed by atoms with Crippen LogP contribution in [0.5, 0.6) is 0 Å². The average Bonchev–Trinajstić information content (AvgIpc) is 2.49. The number of thiocarbonyl (C=S) groups is 1. The van der Waals surface area contributed by atoms with Crippen LogP contribution in [-0.2, 0) is 9.84 Å². The minimum Gasteiger partial charge on any atom is -0.356 e. The molecule has 0 heterocycles. The maximum atomic E-state index is 11.5. The lowest BCUT2D eigenvalue weighted by Gasteiger charge is -2.18. The summed E-state index contributed by atoms with van der Waals surface area (Å²) in [6.45, 7) is 3.99. The van der Waals surface area contributed by atoms with E-state index in [2.05, 4.69) is 10.6 Å². The number of rotatable bonds is 4. The number of hydrogen-bond donors (Lipinski definition) is 2. The molecule has 0 aromatic heterocycles. The maximum absolute atomic E-state index is 11.5. The summed E-state index contributed by atoms with van der Waals surface area (Å²) < 4.78 is 23.0. The van der Waals surface area contributed by atoms with E-state index in [0.29, 0.717) is 10.0 Å². The van der Waals surface area contributed by atoms with Crippen molar-refractivity contribution in [3.05, 3.63) is 59.7 Å². The number of benzene rings is 2. The van der Waals surface area contributed by atoms with Crippen LogP contribution in [0.25, 0.3) is 0 Å². The summed E-state index contributed by atoms with van der Waals surface area (Å²) in [6.07, 6.45) is 1.20. The van der Waals surface area contributed by atoms with E-state index in [4.69, 9.17) is 12.2 Å². The van der Waals surface area contributed by atoms with Crippen molar-refractivity contribution in [2.24, 2.45) is 0 Å². The number of anilines is 1. The Labute approximate surface area is 142 Å². The number of nitrogens with one attached hydrogen (secondary N) is 2. The summed E-state index contributed by atoms with van der Waals surface area (Å²) in [6, 6.07) is 14.7. The van der Waals surface area contributed by atoms with Crippen LogP contribution in [0.2, 0.25) is 0 Å². The topological polar surface area (TPSA) is 58.2 Å². The van der Waals surface area contributed by atoms with Gasteiger partial charge in [0.05, 0.1) is 10.9 Å². The average molecular weight is 348 g/mol. The first kappa shape index (κ1) is 17.4. The highest BCUT2D eigenvalue weighted by Crippen LogP contribution is 2.17. The number of hydrogen-bond acceptors (Lipinski definition) is 3. The fourth-order valence-electron chi connectivity index (χ4n) is 2.16. The van der Waals surface area contributed by atoms with Gasteiger partial charge >= 0.3 is 0 Å². The smallest absolute Gasteiger partial charge is 0.175 e. The molecule has 0 spiro atoms. The first-order valence-corrected chi connectivity index (χ1v) is 9.50. The van der Waals surface area contributed by atoms with Gasteiger partial charge in [0.15, 0.2) is 14.9 Å². The lowest BCUT2D eigenvalue weighted by Crippen LogP contribution is -2.31. The molecule has 122 valence electrons. The molecule has 1 atom stereocenters. The summed E-state index contributed by atoms with van der Waals surface area (Å²) in [5.74, 6) is 0. The standard InChI is InChI=1S/C17H20N2O2S2/c1-12-6-4-5-7-16(12)19-17(22)18-13(2)14-8-10-15(11-9-14)23(3,20)21/h4-11,13H,1-3H3,(H2,18,19,22)/t13-/m0/s1. The van der Waals surface area contributed by atoms with Crippen molar-refractivity contribution in [1.82, 2.24) is 5.32 Å². The van der Waals surface area contributed by atoms with Crippen LogP contribution in [0.15, 0.2) is 53.4 Å². The van der Waals surface area contributed by atoms with E-state index in [-0.39, 0.29) is 6.04 Å². The van der Waals surface area contributed by atoms with E-state index >= 15 is 0 Å². The van der Waals surface area contributed by atoms with E-state index in [9.17, 15) is 8.42 Å². The molecule has 2 rings (SSSR count). The number of para-hydroxylation sites is 1. The minimum atomic E-state index is -3.17. The molecule has 0 amide bonds. The molecule has 0 saturated heterocycles. The summed E-state index contributed by atoms with van der Waals surface area (Å²) in [5.41, 5.74) is 3.04.